The van der Waals surface area contributed by atoms with Gasteiger partial charge in [0, 0.05) is 0 Å². The summed E-state index contributed by atoms with van der Waals surface area (Å²) < 4.78 is 10.0. The molecule has 0 spiro atoms. The van der Waals surface area contributed by atoms with Crippen LogP contribution in [0.3, 0.4) is 0 Å². The average molecular weight is 152 g/mol. The fourth-order valence-electron chi connectivity index (χ4n) is 0.455. The topological polar surface area (TPSA) is 18.5 Å². The summed E-state index contributed by atoms with van der Waals surface area (Å²) >= 11 is 0. The number of hydrogen-bond donors (Lipinski definition) is 0. The summed E-state index contributed by atoms with van der Waals surface area (Å²) in [7, 11) is 0. The van der Waals surface area contributed by atoms with Crippen LogP contribution in [0, 0.1) is 12.3 Å². The van der Waals surface area contributed by atoms with Crippen molar-refractivity contribution >= 4 is 0 Å². The van der Waals surface area contributed by atoms with Gasteiger partial charge >= 0.3 is 0 Å². The maximum atomic E-state index is 5.09. The smallest absolute Gasteiger partial charge is 0.222 e. The van der Waals surface area contributed by atoms with Crippen molar-refractivity contribution in [3.8, 4) is 12.3 Å². The molecule has 0 aromatic carbocycles. The molecule has 0 radical (unpaired) electrons. The molecule has 0 saturated carbocycles. The van der Waals surface area contributed by atoms with Gasteiger partial charge < -0.3 is 9.47 Å². The van der Waals surface area contributed by atoms with Gasteiger partial charge in [0.05, 0.1) is 13.2 Å². The van der Waals surface area contributed by atoms with Crippen LogP contribution in [0.2, 0.25) is 0 Å². The molecule has 0 heterocycles. The summed E-state index contributed by atoms with van der Waals surface area (Å²) in [5.74, 6) is 2.33. The first-order chi connectivity index (χ1) is 5.35. The molecule has 0 saturated heterocycles. The lowest BCUT2D eigenvalue weighted by atomic mass is 10.6. The van der Waals surface area contributed by atoms with Crippen molar-refractivity contribution in [3.63, 3.8) is 0 Å². The van der Waals surface area contributed by atoms with E-state index in [0.717, 1.165) is 0 Å². The Morgan fingerprint density at radius 2 is 1.73 bits per heavy atom. The van der Waals surface area contributed by atoms with Crippen LogP contribution in [-0.2, 0) is 9.47 Å². The van der Waals surface area contributed by atoms with Gasteiger partial charge in [-0.05, 0) is 5.92 Å². The van der Waals surface area contributed by atoms with Gasteiger partial charge in [0.2, 0.25) is 6.29 Å². The van der Waals surface area contributed by atoms with Crippen molar-refractivity contribution < 1.29 is 9.47 Å². The van der Waals surface area contributed by atoms with E-state index < -0.39 is 6.29 Å². The van der Waals surface area contributed by atoms with E-state index in [0.29, 0.717) is 13.2 Å². The van der Waals surface area contributed by atoms with Crippen molar-refractivity contribution in [2.45, 2.75) is 6.29 Å². The summed E-state index contributed by atoms with van der Waals surface area (Å²) in [6, 6.07) is 0. The van der Waals surface area contributed by atoms with E-state index in [4.69, 9.17) is 15.9 Å². The highest BCUT2D eigenvalue weighted by molar-refractivity contribution is 4.90. The maximum Gasteiger partial charge on any atom is 0.222 e. The normalized spacial score (nSPS) is 9.09. The molecule has 0 aliphatic rings. The van der Waals surface area contributed by atoms with E-state index in [1.807, 2.05) is 0 Å². The van der Waals surface area contributed by atoms with Crippen LogP contribution in [0.25, 0.3) is 0 Å². The van der Waals surface area contributed by atoms with Crippen molar-refractivity contribution in [1.82, 2.24) is 0 Å². The first kappa shape index (κ1) is 9.96. The molecule has 11 heavy (non-hydrogen) atoms. The van der Waals surface area contributed by atoms with Gasteiger partial charge in [-0.15, -0.1) is 19.6 Å². The predicted octanol–water partition coefficient (Wildman–Crippen LogP) is 1.35. The van der Waals surface area contributed by atoms with Gasteiger partial charge in [-0.25, -0.2) is 0 Å². The number of hydrogen-bond acceptors (Lipinski definition) is 2. The lowest BCUT2D eigenvalue weighted by Crippen LogP contribution is -2.14. The summed E-state index contributed by atoms with van der Waals surface area (Å²) in [5, 5.41) is 0. The third kappa shape index (κ3) is 5.41. The second-order valence-electron chi connectivity index (χ2n) is 1.74. The third-order valence-electron chi connectivity index (χ3n) is 0.867. The van der Waals surface area contributed by atoms with Crippen LogP contribution < -0.4 is 0 Å². The molecule has 0 bridgehead atoms. The van der Waals surface area contributed by atoms with E-state index in [9.17, 15) is 0 Å². The van der Waals surface area contributed by atoms with Gasteiger partial charge in [-0.2, -0.15) is 0 Å². The first-order valence-corrected chi connectivity index (χ1v) is 3.26. The van der Waals surface area contributed by atoms with Crippen LogP contribution in [0.1, 0.15) is 0 Å². The average Bonchev–Trinajstić information content (AvgIpc) is 2.05. The van der Waals surface area contributed by atoms with Crippen LogP contribution >= 0.6 is 0 Å². The number of rotatable bonds is 6. The molecule has 2 nitrogen and oxygen atoms in total. The van der Waals surface area contributed by atoms with E-state index in [2.05, 4.69) is 19.1 Å². The van der Waals surface area contributed by atoms with Crippen molar-refractivity contribution in [2.75, 3.05) is 13.2 Å². The SMILES string of the molecule is C#CC(OCC=C)OCC=C. The Hall–Kier alpha value is -1.04. The molecule has 0 N–H and O–H groups in total. The van der Waals surface area contributed by atoms with Crippen LogP contribution in [0.15, 0.2) is 25.3 Å². The second-order valence-corrected chi connectivity index (χ2v) is 1.74. The van der Waals surface area contributed by atoms with Crippen LogP contribution in [0.4, 0.5) is 0 Å². The van der Waals surface area contributed by atoms with E-state index in [1.54, 1.807) is 12.2 Å². The standard InChI is InChI=1S/C9H12O2/c1-4-7-10-9(6-3)11-8-5-2/h3-5,9H,1-2,7-8H2. The lowest BCUT2D eigenvalue weighted by Gasteiger charge is -2.09. The summed E-state index contributed by atoms with van der Waals surface area (Å²) in [6.45, 7) is 7.75. The maximum absolute atomic E-state index is 5.09. The predicted molar refractivity (Wildman–Crippen MR) is 44.9 cm³/mol. The highest BCUT2D eigenvalue weighted by Crippen LogP contribution is 1.92. The molecular weight excluding hydrogens is 140 g/mol. The monoisotopic (exact) mass is 152 g/mol. The van der Waals surface area contributed by atoms with Gasteiger partial charge in [-0.1, -0.05) is 12.2 Å². The summed E-state index contributed by atoms with van der Waals surface area (Å²) in [5.41, 5.74) is 0. The zero-order chi connectivity index (χ0) is 8.53. The molecule has 0 atom stereocenters. The van der Waals surface area contributed by atoms with E-state index >= 15 is 0 Å². The van der Waals surface area contributed by atoms with Crippen molar-refractivity contribution in [3.05, 3.63) is 25.3 Å². The molecule has 0 aromatic rings. The number of terminal acetylenes is 1. The quantitative estimate of drug-likeness (QED) is 0.325. The fraction of sp³-hybridized carbons (Fsp3) is 0.333. The zero-order valence-electron chi connectivity index (χ0n) is 6.45. The third-order valence-corrected chi connectivity index (χ3v) is 0.867. The first-order valence-electron chi connectivity index (χ1n) is 3.26. The van der Waals surface area contributed by atoms with Gasteiger partial charge in [-0.3, -0.25) is 0 Å². The van der Waals surface area contributed by atoms with Crippen molar-refractivity contribution in [2.24, 2.45) is 0 Å². The Morgan fingerprint density at radius 3 is 2.00 bits per heavy atom. The highest BCUT2D eigenvalue weighted by Gasteiger charge is 2.00. The zero-order valence-corrected chi connectivity index (χ0v) is 6.45. The molecule has 0 amide bonds. The molecule has 60 valence electrons. The molecule has 0 unspecified atom stereocenters. The van der Waals surface area contributed by atoms with E-state index in [1.165, 1.54) is 0 Å². The van der Waals surface area contributed by atoms with Crippen LogP contribution in [-0.4, -0.2) is 19.5 Å². The van der Waals surface area contributed by atoms with Gasteiger partial charge in [0.25, 0.3) is 0 Å². The molecule has 0 aromatic heterocycles. The Morgan fingerprint density at radius 1 is 1.27 bits per heavy atom. The molecule has 0 aliphatic carbocycles. The Kier molecular flexibility index (Phi) is 6.40. The largest absolute Gasteiger partial charge is 0.338 e. The lowest BCUT2D eigenvalue weighted by molar-refractivity contribution is -0.0867. The molecular formula is C9H12O2. The molecule has 0 aliphatic heterocycles. The Balaban J connectivity index is 3.50. The minimum absolute atomic E-state index is 0.395. The van der Waals surface area contributed by atoms with E-state index in [-0.39, 0.29) is 0 Å². The summed E-state index contributed by atoms with van der Waals surface area (Å²) in [4.78, 5) is 0. The van der Waals surface area contributed by atoms with Gasteiger partial charge in [0.15, 0.2) is 0 Å². The molecule has 0 rings (SSSR count). The molecule has 2 heteroatoms. The minimum Gasteiger partial charge on any atom is -0.338 e. The fourth-order valence-corrected chi connectivity index (χ4v) is 0.455. The van der Waals surface area contributed by atoms with Gasteiger partial charge in [0.1, 0.15) is 0 Å². The second kappa shape index (κ2) is 7.07. The van der Waals surface area contributed by atoms with Crippen LogP contribution in [0.5, 0.6) is 0 Å². The highest BCUT2D eigenvalue weighted by atomic mass is 16.7. The Bertz CT molecular complexity index is 143. The Labute approximate surface area is 67.5 Å². The molecule has 0 fully saturated rings. The summed E-state index contributed by atoms with van der Waals surface area (Å²) in [6.07, 6.45) is 7.72. The minimum atomic E-state index is -0.592. The van der Waals surface area contributed by atoms with Crippen molar-refractivity contribution in [1.29, 1.82) is 0 Å². The number of ether oxygens (including phenoxy) is 2.